The van der Waals surface area contributed by atoms with Gasteiger partial charge in [0.2, 0.25) is 0 Å². The molecule has 10 heavy (non-hydrogen) atoms. The third-order valence-corrected chi connectivity index (χ3v) is 1.50. The fraction of sp³-hybridized carbons (Fsp3) is 0.571. The van der Waals surface area contributed by atoms with E-state index in [-0.39, 0.29) is 6.04 Å². The van der Waals surface area contributed by atoms with Crippen molar-refractivity contribution in [1.82, 2.24) is 9.97 Å². The minimum Gasteiger partial charge on any atom is -0.345 e. The summed E-state index contributed by atoms with van der Waals surface area (Å²) in [6.45, 7) is 5.83. The lowest BCUT2D eigenvalue weighted by atomic mass is 10.2. The molecule has 0 saturated carbocycles. The Balaban J connectivity index is 3.03. The van der Waals surface area contributed by atoms with Gasteiger partial charge in [0.15, 0.2) is 0 Å². The number of hydrogen-bond acceptors (Lipinski definition) is 2. The van der Waals surface area contributed by atoms with Crippen molar-refractivity contribution in [3.05, 3.63) is 17.2 Å². The Morgan fingerprint density at radius 3 is 2.30 bits per heavy atom. The quantitative estimate of drug-likeness (QED) is 0.611. The lowest BCUT2D eigenvalue weighted by Gasteiger charge is -2.00. The van der Waals surface area contributed by atoms with Crippen molar-refractivity contribution < 1.29 is 0 Å². The minimum atomic E-state index is 0.0567. The van der Waals surface area contributed by atoms with Crippen LogP contribution in [0.1, 0.15) is 30.2 Å². The first-order chi connectivity index (χ1) is 4.61. The van der Waals surface area contributed by atoms with Crippen LogP contribution in [0.25, 0.3) is 0 Å². The van der Waals surface area contributed by atoms with E-state index in [0.29, 0.717) is 0 Å². The molecule has 3 heteroatoms. The highest BCUT2D eigenvalue weighted by molar-refractivity contribution is 5.15. The second-order valence-corrected chi connectivity index (χ2v) is 2.61. The first-order valence-corrected chi connectivity index (χ1v) is 3.40. The van der Waals surface area contributed by atoms with Crippen molar-refractivity contribution in [3.8, 4) is 0 Å². The van der Waals surface area contributed by atoms with E-state index in [0.717, 1.165) is 17.2 Å². The molecule has 0 fully saturated rings. The number of aromatic amines is 1. The third-order valence-electron chi connectivity index (χ3n) is 1.50. The molecule has 0 spiro atoms. The van der Waals surface area contributed by atoms with Crippen LogP contribution < -0.4 is 5.73 Å². The number of hydrogen-bond donors (Lipinski definition) is 2. The number of aryl methyl sites for hydroxylation is 2. The molecule has 1 rings (SSSR count). The van der Waals surface area contributed by atoms with Gasteiger partial charge in [0.05, 0.1) is 11.4 Å². The van der Waals surface area contributed by atoms with Crippen molar-refractivity contribution in [2.24, 2.45) is 5.73 Å². The molecule has 0 amide bonds. The summed E-state index contributed by atoms with van der Waals surface area (Å²) in [6, 6.07) is 0.0567. The highest BCUT2D eigenvalue weighted by atomic mass is 14.9. The van der Waals surface area contributed by atoms with Gasteiger partial charge in [-0.15, -0.1) is 0 Å². The highest BCUT2D eigenvalue weighted by Gasteiger charge is 2.06. The molecule has 3 nitrogen and oxygen atoms in total. The summed E-state index contributed by atoms with van der Waals surface area (Å²) in [5.41, 5.74) is 7.70. The second kappa shape index (κ2) is 2.42. The zero-order chi connectivity index (χ0) is 7.72. The van der Waals surface area contributed by atoms with E-state index >= 15 is 0 Å². The van der Waals surface area contributed by atoms with Gasteiger partial charge in [-0.05, 0) is 20.8 Å². The molecule has 0 aliphatic carbocycles. The molecular formula is C7H13N3. The van der Waals surface area contributed by atoms with E-state index in [4.69, 9.17) is 5.73 Å². The molecule has 3 N–H and O–H groups in total. The van der Waals surface area contributed by atoms with E-state index in [1.807, 2.05) is 20.8 Å². The molecule has 1 heterocycles. The standard InChI is InChI=1S/C7H13N3/c1-4(8)7-5(2)9-6(3)10-7/h4H,8H2,1-3H3,(H,9,10). The largest absolute Gasteiger partial charge is 0.345 e. The number of rotatable bonds is 1. The summed E-state index contributed by atoms with van der Waals surface area (Å²) in [6.07, 6.45) is 0. The number of H-pyrrole nitrogens is 1. The van der Waals surface area contributed by atoms with Gasteiger partial charge in [-0.25, -0.2) is 4.98 Å². The maximum absolute atomic E-state index is 5.66. The lowest BCUT2D eigenvalue weighted by Crippen LogP contribution is -2.06. The molecule has 1 atom stereocenters. The Kier molecular flexibility index (Phi) is 1.76. The molecule has 0 saturated heterocycles. The summed E-state index contributed by atoms with van der Waals surface area (Å²) < 4.78 is 0. The summed E-state index contributed by atoms with van der Waals surface area (Å²) >= 11 is 0. The average molecular weight is 139 g/mol. The van der Waals surface area contributed by atoms with E-state index in [1.165, 1.54) is 0 Å². The fourth-order valence-electron chi connectivity index (χ4n) is 1.07. The summed E-state index contributed by atoms with van der Waals surface area (Å²) in [4.78, 5) is 7.30. The Morgan fingerprint density at radius 2 is 2.10 bits per heavy atom. The van der Waals surface area contributed by atoms with Gasteiger partial charge in [-0.1, -0.05) is 0 Å². The Hall–Kier alpha value is -0.830. The molecule has 0 aliphatic heterocycles. The molecule has 0 aliphatic rings. The summed E-state index contributed by atoms with van der Waals surface area (Å²) in [7, 11) is 0. The van der Waals surface area contributed by atoms with E-state index in [1.54, 1.807) is 0 Å². The zero-order valence-electron chi connectivity index (χ0n) is 6.60. The minimum absolute atomic E-state index is 0.0567. The molecular weight excluding hydrogens is 126 g/mol. The Morgan fingerprint density at radius 1 is 1.50 bits per heavy atom. The SMILES string of the molecule is Cc1nc(C)c(C(C)N)[nH]1. The van der Waals surface area contributed by atoms with E-state index in [2.05, 4.69) is 9.97 Å². The predicted octanol–water partition coefficient (Wildman–Crippen LogP) is 1.05. The topological polar surface area (TPSA) is 54.7 Å². The smallest absolute Gasteiger partial charge is 0.103 e. The van der Waals surface area contributed by atoms with E-state index < -0.39 is 0 Å². The molecule has 0 aromatic carbocycles. The Bertz CT molecular complexity index is 225. The van der Waals surface area contributed by atoms with Crippen LogP contribution in [0.5, 0.6) is 0 Å². The van der Waals surface area contributed by atoms with Crippen LogP contribution in [-0.2, 0) is 0 Å². The van der Waals surface area contributed by atoms with Crippen molar-refractivity contribution >= 4 is 0 Å². The first-order valence-electron chi connectivity index (χ1n) is 3.40. The average Bonchev–Trinajstić information content (AvgIpc) is 2.10. The zero-order valence-corrected chi connectivity index (χ0v) is 6.60. The molecule has 1 aromatic heterocycles. The summed E-state index contributed by atoms with van der Waals surface area (Å²) in [5, 5.41) is 0. The molecule has 1 aromatic rings. The third kappa shape index (κ3) is 1.19. The van der Waals surface area contributed by atoms with Gasteiger partial charge < -0.3 is 10.7 Å². The van der Waals surface area contributed by atoms with Gasteiger partial charge in [-0.2, -0.15) is 0 Å². The molecule has 0 radical (unpaired) electrons. The van der Waals surface area contributed by atoms with E-state index in [9.17, 15) is 0 Å². The Labute approximate surface area is 60.7 Å². The van der Waals surface area contributed by atoms with Crippen LogP contribution in [0, 0.1) is 13.8 Å². The van der Waals surface area contributed by atoms with Gasteiger partial charge in [0.1, 0.15) is 5.82 Å². The maximum Gasteiger partial charge on any atom is 0.103 e. The number of imidazole rings is 1. The lowest BCUT2D eigenvalue weighted by molar-refractivity contribution is 0.778. The van der Waals surface area contributed by atoms with Gasteiger partial charge in [0.25, 0.3) is 0 Å². The number of nitrogens with one attached hydrogen (secondary N) is 1. The van der Waals surface area contributed by atoms with Crippen LogP contribution in [0.15, 0.2) is 0 Å². The maximum atomic E-state index is 5.66. The van der Waals surface area contributed by atoms with Crippen molar-refractivity contribution in [1.29, 1.82) is 0 Å². The van der Waals surface area contributed by atoms with Gasteiger partial charge >= 0.3 is 0 Å². The summed E-state index contributed by atoms with van der Waals surface area (Å²) in [5.74, 6) is 0.935. The molecule has 0 bridgehead atoms. The number of aromatic nitrogens is 2. The first kappa shape index (κ1) is 7.28. The molecule has 1 unspecified atom stereocenters. The van der Waals surface area contributed by atoms with Crippen molar-refractivity contribution in [2.45, 2.75) is 26.8 Å². The van der Waals surface area contributed by atoms with Crippen LogP contribution in [0.4, 0.5) is 0 Å². The van der Waals surface area contributed by atoms with Gasteiger partial charge in [0, 0.05) is 6.04 Å². The van der Waals surface area contributed by atoms with Crippen LogP contribution in [0.2, 0.25) is 0 Å². The normalized spacial score (nSPS) is 13.6. The van der Waals surface area contributed by atoms with Crippen molar-refractivity contribution in [3.63, 3.8) is 0 Å². The predicted molar refractivity (Wildman–Crippen MR) is 40.7 cm³/mol. The second-order valence-electron chi connectivity index (χ2n) is 2.61. The molecule has 56 valence electrons. The highest BCUT2D eigenvalue weighted by Crippen LogP contribution is 2.10. The fourth-order valence-corrected chi connectivity index (χ4v) is 1.07. The number of nitrogens with zero attached hydrogens (tertiary/aromatic N) is 1. The van der Waals surface area contributed by atoms with Crippen LogP contribution >= 0.6 is 0 Å². The monoisotopic (exact) mass is 139 g/mol. The van der Waals surface area contributed by atoms with Crippen molar-refractivity contribution in [2.75, 3.05) is 0 Å². The van der Waals surface area contributed by atoms with Gasteiger partial charge in [-0.3, -0.25) is 0 Å². The van der Waals surface area contributed by atoms with Crippen LogP contribution in [-0.4, -0.2) is 9.97 Å². The number of nitrogens with two attached hydrogens (primary N) is 1. The van der Waals surface area contributed by atoms with Crippen LogP contribution in [0.3, 0.4) is 0 Å².